The molecule has 3 aliphatic heterocycles. The zero-order valence-corrected chi connectivity index (χ0v) is 72.8. The van der Waals surface area contributed by atoms with E-state index in [1.54, 1.807) is 42.5 Å². The molecule has 20 nitrogen and oxygen atoms in total. The number of piperazine rings is 3. The average molecular weight is 1680 g/mol. The SMILES string of the molecule is C[C@H]1C(=O)CC[C@@]2(C)c3nc(Cl)nc(-c4ccccc4F)c3CC[C@H]12.C[C@H]1C(=O)CC[C@@]2(C)c3nc(N4CCN(C)CC4)nc(-c4ccccc4F)c3CC[C@H]12.C[C@H]1c2oncc2C[C@@]2(C)c3nc(N4CCN(C)CC4)nc(-c4ccccc4F)c3CC[C@H]12.[C-]#[N+]C1=C(O)[C@H](C)[C@H]2CCc3c(-c4ccccc4F)nc(N4CCN(C)CC4)nc3[C@]2(C)C1. The first kappa shape index (κ1) is 84.3. The highest BCUT2D eigenvalue weighted by Crippen LogP contribution is 2.59. The molecule has 122 heavy (non-hydrogen) atoms. The molecule has 0 unspecified atom stereocenters. The van der Waals surface area contributed by atoms with Crippen molar-refractivity contribution in [3.8, 4) is 45.0 Å². The number of aliphatic hydroxyl groups excluding tert-OH is 1. The van der Waals surface area contributed by atoms with Crippen molar-refractivity contribution in [2.24, 2.45) is 41.4 Å². The van der Waals surface area contributed by atoms with Crippen molar-refractivity contribution in [2.45, 2.75) is 173 Å². The van der Waals surface area contributed by atoms with Gasteiger partial charge in [0.1, 0.15) is 40.6 Å². The predicted molar refractivity (Wildman–Crippen MR) is 466 cm³/mol. The summed E-state index contributed by atoms with van der Waals surface area (Å²) in [7, 11) is 6.37. The van der Waals surface area contributed by atoms with Crippen molar-refractivity contribution in [3.05, 3.63) is 211 Å². The highest BCUT2D eigenvalue weighted by molar-refractivity contribution is 6.28. The number of hydrogen-bond acceptors (Lipinski definition) is 19. The lowest BCUT2D eigenvalue weighted by Crippen LogP contribution is -2.48. The second-order valence-corrected chi connectivity index (χ2v) is 37.7. The Morgan fingerprint density at radius 1 is 0.426 bits per heavy atom. The summed E-state index contributed by atoms with van der Waals surface area (Å²) in [4.78, 5) is 81.3. The second kappa shape index (κ2) is 33.6. The Kier molecular flexibility index (Phi) is 23.2. The zero-order chi connectivity index (χ0) is 85.6. The summed E-state index contributed by atoms with van der Waals surface area (Å²) in [6, 6.07) is 27.4. The smallest absolute Gasteiger partial charge is 0.226 e. The summed E-state index contributed by atoms with van der Waals surface area (Å²) in [5, 5.41) is 14.9. The Balaban J connectivity index is 0.000000116. The molecule has 0 amide bonds. The number of carbonyl (C=O) groups excluding carboxylic acids is 2. The number of likely N-dealkylation sites (N-methyl/N-ethyl adjacent to an activating group) is 3. The number of aromatic nitrogens is 9. The van der Waals surface area contributed by atoms with Gasteiger partial charge in [0, 0.05) is 187 Å². The molecule has 3 saturated heterocycles. The van der Waals surface area contributed by atoms with Crippen molar-refractivity contribution in [3.63, 3.8) is 0 Å². The highest BCUT2D eigenvalue weighted by atomic mass is 35.5. The molecular formula is C97H111ClF4N16O4. The number of hydrogen-bond donors (Lipinski definition) is 1. The lowest BCUT2D eigenvalue weighted by molar-refractivity contribution is -0.129. The quantitative estimate of drug-likeness (QED) is 0.0894. The molecule has 0 radical (unpaired) electrons. The number of nitrogens with zero attached hydrogens (tertiary/aromatic N) is 16. The highest BCUT2D eigenvalue weighted by Gasteiger charge is 2.55. The van der Waals surface area contributed by atoms with Crippen LogP contribution in [0.3, 0.4) is 0 Å². The molecule has 1 N–H and O–H groups in total. The minimum absolute atomic E-state index is 0.0255. The van der Waals surface area contributed by atoms with Gasteiger partial charge in [-0.15, -0.1) is 0 Å². The van der Waals surface area contributed by atoms with Crippen LogP contribution in [-0.2, 0) is 63.4 Å². The summed E-state index contributed by atoms with van der Waals surface area (Å²) >= 11 is 6.23. The van der Waals surface area contributed by atoms with Crippen molar-refractivity contribution in [1.29, 1.82) is 0 Å². The first-order valence-corrected chi connectivity index (χ1v) is 44.4. The van der Waals surface area contributed by atoms with Crippen LogP contribution in [0.4, 0.5) is 35.4 Å². The molecule has 12 atom stereocenters. The number of ketones is 2. The van der Waals surface area contributed by atoms with Gasteiger partial charge >= 0.3 is 0 Å². The molecule has 8 heterocycles. The molecule has 638 valence electrons. The van der Waals surface area contributed by atoms with Gasteiger partial charge in [-0.2, -0.15) is 0 Å². The van der Waals surface area contributed by atoms with Crippen LogP contribution in [0.25, 0.3) is 49.9 Å². The monoisotopic (exact) mass is 1670 g/mol. The molecular weight excluding hydrogens is 1560 g/mol. The van der Waals surface area contributed by atoms with Gasteiger partial charge in [0.05, 0.1) is 64.1 Å². The number of Topliss-reactive ketones (excluding diaryl/α,β-unsaturated/α-hetero) is 2. The van der Waals surface area contributed by atoms with Gasteiger partial charge in [0.15, 0.2) is 0 Å². The Labute approximate surface area is 718 Å². The maximum absolute atomic E-state index is 15.0. The van der Waals surface area contributed by atoms with Gasteiger partial charge < -0.3 is 39.0 Å². The fourth-order valence-electron chi connectivity index (χ4n) is 23.1. The fourth-order valence-corrected chi connectivity index (χ4v) is 23.3. The van der Waals surface area contributed by atoms with E-state index in [1.807, 2.05) is 50.4 Å². The van der Waals surface area contributed by atoms with Crippen LogP contribution in [0.15, 0.2) is 119 Å². The standard InChI is InChI=1S/2C26H30FN5O.C25H31FN4O.C20H20ClFN2O/c1-16-20-9-8-19-22(18-6-4-5-7-21(18)27)29-25(32-12-10-31(3)11-13-32)30-24(19)26(20,2)14-17-15-28-33-23(16)17;1-16-19-10-9-18-22(17-7-5-6-8-20(17)27)29-25(32-13-11-31(4)12-14-32)30-24(18)26(19,2)15-21(28-3)23(16)33;1-16-19-9-8-18-22(17-6-4-5-7-20(17)26)27-24(30-14-12-29(3)13-15-30)28-23(18)25(19,2)11-10-21(16)31;1-11-14-8-7-13-17(12-5-3-4-6-15(12)22)23-19(21)24-18(13)20(14,2)10-9-16(11)25/h4-7,15-16,20H,8-14H2,1-3H3;5-8,16,19,33H,9-15H2,1-2,4H3;4-7,16,19H,8-15H2,1-3H3;3-6,11,14H,7-10H2,1-2H3/t16-,20-,26-;16-,19-,26-;16-,19-,25-;11-,14-,20-/m1111/s1. The lowest BCUT2D eigenvalue weighted by atomic mass is 9.56. The molecule has 20 rings (SSSR count). The van der Waals surface area contributed by atoms with E-state index in [2.05, 4.69) is 112 Å². The maximum atomic E-state index is 15.0. The second-order valence-electron chi connectivity index (χ2n) is 37.4. The van der Waals surface area contributed by atoms with Crippen molar-refractivity contribution < 1.29 is 36.8 Å². The molecule has 11 aliphatic rings. The first-order chi connectivity index (χ1) is 58.6. The summed E-state index contributed by atoms with van der Waals surface area (Å²) < 4.78 is 64.9. The molecule has 25 heteroatoms. The van der Waals surface area contributed by atoms with Gasteiger partial charge in [-0.25, -0.2) is 62.3 Å². The predicted octanol–water partition coefficient (Wildman–Crippen LogP) is 17.4. The third-order valence-corrected chi connectivity index (χ3v) is 30.5. The molecule has 8 aliphatic carbocycles. The largest absolute Gasteiger partial charge is 0.523 e. The normalized spacial score (nSPS) is 28.0. The Morgan fingerprint density at radius 3 is 1.11 bits per heavy atom. The lowest BCUT2D eigenvalue weighted by Gasteiger charge is -2.48. The molecule has 2 saturated carbocycles. The van der Waals surface area contributed by atoms with E-state index in [0.29, 0.717) is 88.0 Å². The number of anilines is 3. The van der Waals surface area contributed by atoms with Gasteiger partial charge in [0.2, 0.25) is 28.8 Å². The summed E-state index contributed by atoms with van der Waals surface area (Å²) in [5.41, 5.74) is 13.6. The minimum Gasteiger partial charge on any atom is -0.523 e. The van der Waals surface area contributed by atoms with Crippen LogP contribution in [0.5, 0.6) is 0 Å². The fraction of sp³-hybridized carbons (Fsp3) is 0.505. The molecule has 0 bridgehead atoms. The van der Waals surface area contributed by atoms with Crippen molar-refractivity contribution in [1.82, 2.24) is 59.7 Å². The topological polar surface area (TPSA) is 207 Å². The van der Waals surface area contributed by atoms with Crippen LogP contribution in [0, 0.1) is 71.3 Å². The number of aliphatic hydroxyl groups is 1. The van der Waals surface area contributed by atoms with E-state index < -0.39 is 5.41 Å². The van der Waals surface area contributed by atoms with Gasteiger partial charge in [-0.1, -0.05) is 109 Å². The number of benzene rings is 4. The van der Waals surface area contributed by atoms with Crippen LogP contribution < -0.4 is 14.7 Å². The summed E-state index contributed by atoms with van der Waals surface area (Å²) in [6.45, 7) is 35.7. The number of rotatable bonds is 7. The van der Waals surface area contributed by atoms with Crippen LogP contribution >= 0.6 is 11.6 Å². The van der Waals surface area contributed by atoms with Crippen LogP contribution in [0.1, 0.15) is 175 Å². The summed E-state index contributed by atoms with van der Waals surface area (Å²) in [6.07, 6.45) is 12.6. The van der Waals surface area contributed by atoms with E-state index in [4.69, 9.17) is 52.6 Å². The van der Waals surface area contributed by atoms with E-state index in [0.717, 1.165) is 217 Å². The van der Waals surface area contributed by atoms with E-state index in [1.165, 1.54) is 29.8 Å². The Hall–Kier alpha value is -9.93. The third-order valence-electron chi connectivity index (χ3n) is 30.4. The zero-order valence-electron chi connectivity index (χ0n) is 72.0. The number of fused-ring (bicyclic) bond motifs is 13. The van der Waals surface area contributed by atoms with E-state index >= 15 is 4.39 Å². The molecule has 9 aromatic rings. The third kappa shape index (κ3) is 15.1. The molecule has 0 spiro atoms. The van der Waals surface area contributed by atoms with Crippen LogP contribution in [-0.4, -0.2) is 176 Å². The first-order valence-electron chi connectivity index (χ1n) is 44.0. The Bertz CT molecular complexity index is 5600. The molecule has 5 aromatic heterocycles. The molecule has 5 fully saturated rings. The Morgan fingerprint density at radius 2 is 0.746 bits per heavy atom. The number of allylic oxidation sites excluding steroid dienone is 2. The minimum atomic E-state index is -0.413. The van der Waals surface area contributed by atoms with Gasteiger partial charge in [0.25, 0.3) is 0 Å². The van der Waals surface area contributed by atoms with E-state index in [-0.39, 0.29) is 92.0 Å². The van der Waals surface area contributed by atoms with Gasteiger partial charge in [-0.05, 0) is 182 Å². The number of carbonyl (C=O) groups is 2. The van der Waals surface area contributed by atoms with Gasteiger partial charge in [-0.3, -0.25) is 9.59 Å². The van der Waals surface area contributed by atoms with Crippen molar-refractivity contribution in [2.75, 3.05) is 114 Å². The molecule has 4 aromatic carbocycles. The maximum Gasteiger partial charge on any atom is 0.226 e. The van der Waals surface area contributed by atoms with Crippen LogP contribution in [0.2, 0.25) is 5.28 Å². The summed E-state index contributed by atoms with van der Waals surface area (Å²) in [5.74, 6) is 4.28. The average Bonchev–Trinajstić information content (AvgIpc) is 1.26. The van der Waals surface area contributed by atoms with E-state index in [9.17, 15) is 27.9 Å². The number of halogens is 5. The van der Waals surface area contributed by atoms with Crippen molar-refractivity contribution >= 4 is 41.0 Å².